The third-order valence-electron chi connectivity index (χ3n) is 4.99. The summed E-state index contributed by atoms with van der Waals surface area (Å²) in [5.74, 6) is 0.749. The molecule has 0 radical (unpaired) electrons. The van der Waals surface area contributed by atoms with Gasteiger partial charge in [-0.25, -0.2) is 0 Å². The second kappa shape index (κ2) is 5.48. The molecule has 5 heteroatoms. The molecule has 2 saturated carbocycles. The van der Waals surface area contributed by atoms with Crippen LogP contribution >= 0.6 is 0 Å². The number of hydrogen-bond acceptors (Lipinski definition) is 3. The molecule has 0 aliphatic heterocycles. The van der Waals surface area contributed by atoms with E-state index in [1.165, 1.54) is 5.56 Å². The van der Waals surface area contributed by atoms with Gasteiger partial charge in [-0.1, -0.05) is 6.07 Å². The zero-order valence-corrected chi connectivity index (χ0v) is 13.6. The fourth-order valence-corrected chi connectivity index (χ4v) is 3.46. The van der Waals surface area contributed by atoms with Crippen molar-refractivity contribution in [3.8, 4) is 0 Å². The van der Waals surface area contributed by atoms with Crippen LogP contribution in [0.15, 0.2) is 36.8 Å². The number of hydrogen-bond donors (Lipinski definition) is 0. The van der Waals surface area contributed by atoms with Crippen LogP contribution in [0.1, 0.15) is 49.4 Å². The standard InChI is InChI=1S/C18H22N4O/c1-12(17-5-3-4-8-19-17)22(14-6-7-14)18(23)16-9-15(16)13-10-20-21(2)11-13/h3-5,8,10-12,14-16H,6-7,9H2,1-2H3/t12-,15-,16+/m1/s1. The van der Waals surface area contributed by atoms with E-state index >= 15 is 0 Å². The van der Waals surface area contributed by atoms with E-state index in [2.05, 4.69) is 21.9 Å². The van der Waals surface area contributed by atoms with Gasteiger partial charge in [-0.3, -0.25) is 14.5 Å². The summed E-state index contributed by atoms with van der Waals surface area (Å²) in [6, 6.07) is 6.36. The first kappa shape index (κ1) is 14.4. The van der Waals surface area contributed by atoms with Crippen molar-refractivity contribution < 1.29 is 4.79 Å². The third kappa shape index (κ3) is 2.76. The first-order valence-electron chi connectivity index (χ1n) is 8.37. The Balaban J connectivity index is 1.51. The van der Waals surface area contributed by atoms with Crippen molar-refractivity contribution in [1.29, 1.82) is 0 Å². The summed E-state index contributed by atoms with van der Waals surface area (Å²) >= 11 is 0. The van der Waals surface area contributed by atoms with Crippen LogP contribution in [-0.2, 0) is 11.8 Å². The molecule has 0 spiro atoms. The van der Waals surface area contributed by atoms with E-state index in [1.54, 1.807) is 6.20 Å². The molecule has 0 unspecified atom stereocenters. The maximum absolute atomic E-state index is 13.1. The zero-order valence-electron chi connectivity index (χ0n) is 13.6. The first-order valence-corrected chi connectivity index (χ1v) is 8.37. The molecule has 4 rings (SSSR count). The lowest BCUT2D eigenvalue weighted by Crippen LogP contribution is -2.37. The highest BCUT2D eigenvalue weighted by molar-refractivity contribution is 5.84. The molecule has 2 heterocycles. The van der Waals surface area contributed by atoms with Gasteiger partial charge in [-0.2, -0.15) is 5.10 Å². The molecule has 120 valence electrons. The fourth-order valence-electron chi connectivity index (χ4n) is 3.46. The zero-order chi connectivity index (χ0) is 16.0. The number of rotatable bonds is 5. The number of nitrogens with zero attached hydrogens (tertiary/aromatic N) is 4. The van der Waals surface area contributed by atoms with Gasteiger partial charge in [0.1, 0.15) is 0 Å². The molecule has 2 aliphatic rings. The molecular weight excluding hydrogens is 288 g/mol. The fraction of sp³-hybridized carbons (Fsp3) is 0.500. The van der Waals surface area contributed by atoms with E-state index in [4.69, 9.17) is 0 Å². The van der Waals surface area contributed by atoms with Crippen molar-refractivity contribution in [3.05, 3.63) is 48.0 Å². The van der Waals surface area contributed by atoms with Crippen LogP contribution in [0.4, 0.5) is 0 Å². The molecule has 3 atom stereocenters. The predicted molar refractivity (Wildman–Crippen MR) is 86.6 cm³/mol. The quantitative estimate of drug-likeness (QED) is 0.853. The maximum Gasteiger partial charge on any atom is 0.227 e. The molecule has 0 bridgehead atoms. The van der Waals surface area contributed by atoms with E-state index < -0.39 is 0 Å². The minimum absolute atomic E-state index is 0.0475. The number of amides is 1. The Bertz CT molecular complexity index is 707. The van der Waals surface area contributed by atoms with Crippen LogP contribution < -0.4 is 0 Å². The van der Waals surface area contributed by atoms with Crippen LogP contribution in [-0.4, -0.2) is 31.6 Å². The summed E-state index contributed by atoms with van der Waals surface area (Å²) in [5, 5.41) is 4.23. The van der Waals surface area contributed by atoms with Crippen LogP contribution in [0, 0.1) is 5.92 Å². The van der Waals surface area contributed by atoms with Gasteiger partial charge in [-0.05, 0) is 49.8 Å². The average Bonchev–Trinajstić information content (AvgIpc) is 3.48. The van der Waals surface area contributed by atoms with Crippen LogP contribution in [0.25, 0.3) is 0 Å². The molecule has 1 amide bonds. The van der Waals surface area contributed by atoms with Gasteiger partial charge >= 0.3 is 0 Å². The smallest absolute Gasteiger partial charge is 0.227 e. The van der Waals surface area contributed by atoms with E-state index in [0.29, 0.717) is 17.9 Å². The summed E-state index contributed by atoms with van der Waals surface area (Å²) in [6.45, 7) is 2.10. The second-order valence-corrected chi connectivity index (χ2v) is 6.80. The Morgan fingerprint density at radius 3 is 2.83 bits per heavy atom. The molecule has 2 aromatic rings. The highest BCUT2D eigenvalue weighted by Crippen LogP contribution is 2.50. The van der Waals surface area contributed by atoms with Gasteiger partial charge in [0, 0.05) is 31.4 Å². The van der Waals surface area contributed by atoms with Gasteiger partial charge in [0.25, 0.3) is 0 Å². The molecule has 2 fully saturated rings. The van der Waals surface area contributed by atoms with Crippen molar-refractivity contribution >= 4 is 5.91 Å². The van der Waals surface area contributed by atoms with Crippen molar-refractivity contribution in [2.75, 3.05) is 0 Å². The van der Waals surface area contributed by atoms with Gasteiger partial charge in [0.05, 0.1) is 17.9 Å². The van der Waals surface area contributed by atoms with Crippen molar-refractivity contribution in [1.82, 2.24) is 19.7 Å². The van der Waals surface area contributed by atoms with Crippen LogP contribution in [0.2, 0.25) is 0 Å². The molecule has 2 aromatic heterocycles. The van der Waals surface area contributed by atoms with Crippen LogP contribution in [0.5, 0.6) is 0 Å². The lowest BCUT2D eigenvalue weighted by molar-refractivity contribution is -0.135. The summed E-state index contributed by atoms with van der Waals surface area (Å²) < 4.78 is 1.81. The molecule has 5 nitrogen and oxygen atoms in total. The van der Waals surface area contributed by atoms with Gasteiger partial charge in [0.2, 0.25) is 5.91 Å². The maximum atomic E-state index is 13.1. The summed E-state index contributed by atoms with van der Waals surface area (Å²) in [7, 11) is 1.92. The number of carbonyl (C=O) groups is 1. The van der Waals surface area contributed by atoms with E-state index in [-0.39, 0.29) is 12.0 Å². The largest absolute Gasteiger partial charge is 0.331 e. The Hall–Kier alpha value is -2.17. The number of aryl methyl sites for hydroxylation is 1. The predicted octanol–water partition coefficient (Wildman–Crippen LogP) is 2.67. The lowest BCUT2D eigenvalue weighted by Gasteiger charge is -2.29. The Kier molecular flexibility index (Phi) is 3.43. The third-order valence-corrected chi connectivity index (χ3v) is 4.99. The van der Waals surface area contributed by atoms with Crippen LogP contribution in [0.3, 0.4) is 0 Å². The van der Waals surface area contributed by atoms with Crippen molar-refractivity contribution in [2.24, 2.45) is 13.0 Å². The monoisotopic (exact) mass is 310 g/mol. The molecular formula is C18H22N4O. The normalized spacial score (nSPS) is 24.3. The second-order valence-electron chi connectivity index (χ2n) is 6.80. The topological polar surface area (TPSA) is 51.0 Å². The number of carbonyl (C=O) groups excluding carboxylic acids is 1. The van der Waals surface area contributed by atoms with Gasteiger partial charge in [-0.15, -0.1) is 0 Å². The lowest BCUT2D eigenvalue weighted by atomic mass is 10.1. The summed E-state index contributed by atoms with van der Waals surface area (Å²) in [4.78, 5) is 19.6. The average molecular weight is 310 g/mol. The Morgan fingerprint density at radius 2 is 2.22 bits per heavy atom. The molecule has 0 aromatic carbocycles. The first-order chi connectivity index (χ1) is 11.1. The van der Waals surface area contributed by atoms with Crippen molar-refractivity contribution in [3.63, 3.8) is 0 Å². The summed E-state index contributed by atoms with van der Waals surface area (Å²) in [5.41, 5.74) is 2.17. The molecule has 0 saturated heterocycles. The summed E-state index contributed by atoms with van der Waals surface area (Å²) in [6.07, 6.45) is 8.91. The minimum Gasteiger partial charge on any atom is -0.331 e. The van der Waals surface area contributed by atoms with E-state index in [9.17, 15) is 4.79 Å². The Labute approximate surface area is 136 Å². The Morgan fingerprint density at radius 1 is 1.39 bits per heavy atom. The van der Waals surface area contributed by atoms with Crippen molar-refractivity contribution in [2.45, 2.75) is 44.2 Å². The van der Waals surface area contributed by atoms with Gasteiger partial charge < -0.3 is 4.90 Å². The van der Waals surface area contributed by atoms with E-state index in [0.717, 1.165) is 25.0 Å². The van der Waals surface area contributed by atoms with Gasteiger partial charge in [0.15, 0.2) is 0 Å². The molecule has 0 N–H and O–H groups in total. The highest BCUT2D eigenvalue weighted by Gasteiger charge is 2.50. The highest BCUT2D eigenvalue weighted by atomic mass is 16.2. The number of aromatic nitrogens is 3. The number of pyridine rings is 1. The van der Waals surface area contributed by atoms with E-state index in [1.807, 2.05) is 42.3 Å². The molecule has 23 heavy (non-hydrogen) atoms. The SMILES string of the molecule is C[C@H](c1ccccn1)N(C(=O)[C@H]1C[C@@H]1c1cnn(C)c1)C1CC1. The minimum atomic E-state index is 0.0475. The molecule has 2 aliphatic carbocycles.